The highest BCUT2D eigenvalue weighted by atomic mass is 16.2. The van der Waals surface area contributed by atoms with Crippen LogP contribution >= 0.6 is 0 Å². The predicted molar refractivity (Wildman–Crippen MR) is 104 cm³/mol. The summed E-state index contributed by atoms with van der Waals surface area (Å²) in [6.45, 7) is 8.67. The van der Waals surface area contributed by atoms with Crippen LogP contribution in [0.15, 0.2) is 60.8 Å². The molecule has 4 heteroatoms. The zero-order valence-corrected chi connectivity index (χ0v) is 15.8. The monoisotopic (exact) mass is 347 g/mol. The molecule has 1 aromatic heterocycles. The Labute approximate surface area is 155 Å². The lowest BCUT2D eigenvalue weighted by molar-refractivity contribution is 0.0689. The van der Waals surface area contributed by atoms with Crippen LogP contribution in [0.5, 0.6) is 0 Å². The van der Waals surface area contributed by atoms with E-state index < -0.39 is 0 Å². The zero-order chi connectivity index (χ0) is 18.7. The van der Waals surface area contributed by atoms with Crippen LogP contribution in [0.1, 0.15) is 41.0 Å². The van der Waals surface area contributed by atoms with Crippen molar-refractivity contribution in [3.8, 4) is 5.69 Å². The van der Waals surface area contributed by atoms with Crippen molar-refractivity contribution < 1.29 is 4.79 Å². The fraction of sp³-hybridized carbons (Fsp3) is 0.273. The van der Waals surface area contributed by atoms with Gasteiger partial charge >= 0.3 is 0 Å². The van der Waals surface area contributed by atoms with Crippen molar-refractivity contribution in [3.05, 3.63) is 83.2 Å². The molecule has 1 heterocycles. The number of aromatic nitrogens is 2. The molecule has 0 N–H and O–H groups in total. The van der Waals surface area contributed by atoms with Gasteiger partial charge in [0.05, 0.1) is 23.1 Å². The van der Waals surface area contributed by atoms with Crippen molar-refractivity contribution in [1.82, 2.24) is 14.7 Å². The van der Waals surface area contributed by atoms with E-state index in [2.05, 4.69) is 24.2 Å². The van der Waals surface area contributed by atoms with Gasteiger partial charge in [-0.2, -0.15) is 5.10 Å². The number of hydrogen-bond acceptors (Lipinski definition) is 2. The Bertz CT molecular complexity index is 897. The van der Waals surface area contributed by atoms with Gasteiger partial charge in [0.15, 0.2) is 0 Å². The smallest absolute Gasteiger partial charge is 0.257 e. The summed E-state index contributed by atoms with van der Waals surface area (Å²) in [4.78, 5) is 15.1. The number of carbonyl (C=O) groups excluding carboxylic acids is 1. The number of carbonyl (C=O) groups is 1. The van der Waals surface area contributed by atoms with Crippen LogP contribution in [0.4, 0.5) is 0 Å². The van der Waals surface area contributed by atoms with Gasteiger partial charge < -0.3 is 4.90 Å². The van der Waals surface area contributed by atoms with Gasteiger partial charge in [0, 0.05) is 12.6 Å². The number of benzene rings is 2. The first-order valence-corrected chi connectivity index (χ1v) is 8.94. The summed E-state index contributed by atoms with van der Waals surface area (Å²) >= 11 is 0. The highest BCUT2D eigenvalue weighted by Gasteiger charge is 2.23. The van der Waals surface area contributed by atoms with Gasteiger partial charge in [-0.15, -0.1) is 0 Å². The van der Waals surface area contributed by atoms with E-state index in [0.717, 1.165) is 22.5 Å². The van der Waals surface area contributed by atoms with Crippen LogP contribution in [0.25, 0.3) is 5.69 Å². The molecule has 3 rings (SSSR count). The van der Waals surface area contributed by atoms with Crippen molar-refractivity contribution in [3.63, 3.8) is 0 Å². The second kappa shape index (κ2) is 7.56. The molecule has 26 heavy (non-hydrogen) atoms. The van der Waals surface area contributed by atoms with E-state index in [1.165, 1.54) is 0 Å². The van der Waals surface area contributed by atoms with Gasteiger partial charge in [-0.25, -0.2) is 4.68 Å². The zero-order valence-electron chi connectivity index (χ0n) is 15.8. The van der Waals surface area contributed by atoms with E-state index in [1.54, 1.807) is 6.20 Å². The lowest BCUT2D eigenvalue weighted by Crippen LogP contribution is -2.36. The maximum atomic E-state index is 13.2. The number of aryl methyl sites for hydroxylation is 1. The molecule has 0 saturated carbocycles. The standard InChI is InChI=1S/C22H25N3O/c1-16(2)24(15-19-10-6-5-7-11-19)22(26)21-14-23-25(18(21)4)20-12-8-9-17(3)13-20/h5-14,16H,15H2,1-4H3. The number of amides is 1. The van der Waals surface area contributed by atoms with Gasteiger partial charge in [0.25, 0.3) is 5.91 Å². The minimum absolute atomic E-state index is 0.0141. The number of nitrogens with zero attached hydrogens (tertiary/aromatic N) is 3. The fourth-order valence-electron chi connectivity index (χ4n) is 3.06. The molecule has 0 aliphatic heterocycles. The Morgan fingerprint density at radius 2 is 1.81 bits per heavy atom. The summed E-state index contributed by atoms with van der Waals surface area (Å²) in [7, 11) is 0. The molecular weight excluding hydrogens is 322 g/mol. The lowest BCUT2D eigenvalue weighted by Gasteiger charge is -2.27. The summed E-state index contributed by atoms with van der Waals surface area (Å²) < 4.78 is 1.83. The minimum Gasteiger partial charge on any atom is -0.332 e. The summed E-state index contributed by atoms with van der Waals surface area (Å²) in [5.41, 5.74) is 4.77. The molecule has 0 unspecified atom stereocenters. The molecular formula is C22H25N3O. The molecule has 1 amide bonds. The van der Waals surface area contributed by atoms with E-state index in [0.29, 0.717) is 12.1 Å². The second-order valence-corrected chi connectivity index (χ2v) is 6.91. The van der Waals surface area contributed by atoms with Crippen LogP contribution in [0.3, 0.4) is 0 Å². The first kappa shape index (κ1) is 17.9. The second-order valence-electron chi connectivity index (χ2n) is 6.91. The number of rotatable bonds is 5. The van der Waals surface area contributed by atoms with Crippen molar-refractivity contribution in [2.24, 2.45) is 0 Å². The van der Waals surface area contributed by atoms with Gasteiger partial charge in [0.2, 0.25) is 0 Å². The molecule has 0 fully saturated rings. The van der Waals surface area contributed by atoms with Gasteiger partial charge in [0.1, 0.15) is 0 Å². The SMILES string of the molecule is Cc1cccc(-n2ncc(C(=O)N(Cc3ccccc3)C(C)C)c2C)c1. The molecule has 0 aliphatic rings. The van der Waals surface area contributed by atoms with Gasteiger partial charge in [-0.05, 0) is 51.0 Å². The normalized spacial score (nSPS) is 11.0. The maximum Gasteiger partial charge on any atom is 0.257 e. The summed E-state index contributed by atoms with van der Waals surface area (Å²) in [5.74, 6) is 0.0141. The van der Waals surface area contributed by atoms with Crippen LogP contribution in [0, 0.1) is 13.8 Å². The molecule has 0 bridgehead atoms. The van der Waals surface area contributed by atoms with Crippen LogP contribution < -0.4 is 0 Å². The maximum absolute atomic E-state index is 13.2. The van der Waals surface area contributed by atoms with Crippen LogP contribution in [0.2, 0.25) is 0 Å². The Balaban J connectivity index is 1.91. The van der Waals surface area contributed by atoms with E-state index in [9.17, 15) is 4.79 Å². The first-order chi connectivity index (χ1) is 12.5. The molecule has 134 valence electrons. The third-order valence-electron chi connectivity index (χ3n) is 4.57. The van der Waals surface area contributed by atoms with Crippen molar-refractivity contribution in [2.75, 3.05) is 0 Å². The summed E-state index contributed by atoms with van der Waals surface area (Å²) in [5, 5.41) is 4.47. The Kier molecular flexibility index (Phi) is 5.21. The highest BCUT2D eigenvalue weighted by Crippen LogP contribution is 2.19. The largest absolute Gasteiger partial charge is 0.332 e. The fourth-order valence-corrected chi connectivity index (χ4v) is 3.06. The minimum atomic E-state index is 0.0141. The van der Waals surface area contributed by atoms with E-state index in [1.807, 2.05) is 72.8 Å². The summed E-state index contributed by atoms with van der Waals surface area (Å²) in [6, 6.07) is 18.3. The van der Waals surface area contributed by atoms with E-state index in [4.69, 9.17) is 0 Å². The lowest BCUT2D eigenvalue weighted by atomic mass is 10.1. The average molecular weight is 347 g/mol. The van der Waals surface area contributed by atoms with Crippen molar-refractivity contribution in [1.29, 1.82) is 0 Å². The molecule has 2 aromatic carbocycles. The summed E-state index contributed by atoms with van der Waals surface area (Å²) in [6.07, 6.45) is 1.68. The Hall–Kier alpha value is -2.88. The molecule has 0 atom stereocenters. The average Bonchev–Trinajstić information content (AvgIpc) is 3.01. The van der Waals surface area contributed by atoms with E-state index >= 15 is 0 Å². The molecule has 3 aromatic rings. The third-order valence-corrected chi connectivity index (χ3v) is 4.57. The third kappa shape index (κ3) is 3.69. The van der Waals surface area contributed by atoms with Crippen molar-refractivity contribution in [2.45, 2.75) is 40.3 Å². The Morgan fingerprint density at radius 3 is 2.46 bits per heavy atom. The van der Waals surface area contributed by atoms with Crippen LogP contribution in [-0.4, -0.2) is 26.6 Å². The molecule has 0 aliphatic carbocycles. The molecule has 0 radical (unpaired) electrons. The quantitative estimate of drug-likeness (QED) is 0.679. The Morgan fingerprint density at radius 1 is 1.08 bits per heavy atom. The van der Waals surface area contributed by atoms with Crippen LogP contribution in [-0.2, 0) is 6.54 Å². The number of hydrogen-bond donors (Lipinski definition) is 0. The predicted octanol–water partition coefficient (Wildman–Crippen LogP) is 4.54. The molecule has 0 saturated heterocycles. The molecule has 4 nitrogen and oxygen atoms in total. The van der Waals surface area contributed by atoms with Gasteiger partial charge in [-0.1, -0.05) is 42.5 Å². The van der Waals surface area contributed by atoms with Gasteiger partial charge in [-0.3, -0.25) is 4.79 Å². The topological polar surface area (TPSA) is 38.1 Å². The molecule has 0 spiro atoms. The first-order valence-electron chi connectivity index (χ1n) is 8.94. The van der Waals surface area contributed by atoms with E-state index in [-0.39, 0.29) is 11.9 Å². The highest BCUT2D eigenvalue weighted by molar-refractivity contribution is 5.95. The van der Waals surface area contributed by atoms with Crippen molar-refractivity contribution >= 4 is 5.91 Å².